The number of hydrogen-bond donors (Lipinski definition) is 3. The van der Waals surface area contributed by atoms with E-state index in [4.69, 9.17) is 21.3 Å². The highest BCUT2D eigenvalue weighted by atomic mass is 35.5. The maximum Gasteiger partial charge on any atom is 0.293 e. The number of H-pyrrole nitrogens is 1. The van der Waals surface area contributed by atoms with Gasteiger partial charge in [0, 0.05) is 93.6 Å². The van der Waals surface area contributed by atoms with Crippen molar-refractivity contribution >= 4 is 78.1 Å². The molecule has 0 radical (unpaired) electrons. The second-order valence-electron chi connectivity index (χ2n) is 18.9. The molecule has 19 heteroatoms. The van der Waals surface area contributed by atoms with Gasteiger partial charge in [-0.25, -0.2) is 22.8 Å². The molecule has 9 rings (SSSR count). The Labute approximate surface area is 399 Å². The zero-order valence-corrected chi connectivity index (χ0v) is 40.1. The number of carbonyl (C=O) groups is 2. The number of piperazine rings is 1. The number of anilines is 2. The van der Waals surface area contributed by atoms with Crippen LogP contribution in [-0.4, -0.2) is 120 Å². The topological polar surface area (TPSA) is 201 Å². The largest absolute Gasteiger partial charge is 0.377 e. The average molecular weight is 964 g/mol. The fourth-order valence-corrected chi connectivity index (χ4v) is 10.7. The summed E-state index contributed by atoms with van der Waals surface area (Å²) in [6.07, 6.45) is 6.18. The van der Waals surface area contributed by atoms with Crippen molar-refractivity contribution < 1.29 is 27.7 Å². The van der Waals surface area contributed by atoms with Crippen LogP contribution in [0, 0.1) is 21.4 Å². The number of sulfonamides is 1. The van der Waals surface area contributed by atoms with Gasteiger partial charge in [-0.1, -0.05) is 50.1 Å². The van der Waals surface area contributed by atoms with Crippen molar-refractivity contribution in [2.24, 2.45) is 11.3 Å². The van der Waals surface area contributed by atoms with E-state index in [1.807, 2.05) is 37.3 Å². The molecule has 3 aromatic carbocycles. The fourth-order valence-electron chi connectivity index (χ4n) is 9.60. The van der Waals surface area contributed by atoms with Crippen molar-refractivity contribution in [3.05, 3.63) is 117 Å². The lowest BCUT2D eigenvalue weighted by molar-refractivity contribution is -0.384. The number of pyridine rings is 1. The van der Waals surface area contributed by atoms with Crippen LogP contribution in [0.25, 0.3) is 33.3 Å². The standard InChI is InChI=1S/C49H55ClN10O7S/c1-31-29-58(32(2)61)21-22-67-46(31)28-52-41-12-10-38(25-45(41)60(63)64)68(65,66)55-48(62)39-11-9-37(24-43(39)59-44-23-34-14-16-51-47(34)54-42(44)27-53-59)57-19-17-56(18-20-57)30-35-13-15-49(3,4)26-40(35)33-5-7-36(50)8-6-33/h5-12,14,16,23-25,27,31,46,52H,13,15,17-22,26,28-30H2,1-4H3,(H,51,54)(H,55,62)/t31?,46-/m1/s1. The zero-order valence-electron chi connectivity index (χ0n) is 38.5. The van der Waals surface area contributed by atoms with Crippen LogP contribution < -0.4 is 14.9 Å². The number of nitro benzene ring substituents is 1. The van der Waals surface area contributed by atoms with Crippen LogP contribution in [0.4, 0.5) is 17.1 Å². The first kappa shape index (κ1) is 46.8. The Balaban J connectivity index is 0.958. The summed E-state index contributed by atoms with van der Waals surface area (Å²) in [6.45, 7) is 13.4. The Morgan fingerprint density at radius 3 is 2.54 bits per heavy atom. The van der Waals surface area contributed by atoms with Crippen molar-refractivity contribution in [2.45, 2.75) is 58.0 Å². The first-order valence-corrected chi connectivity index (χ1v) is 24.7. The Kier molecular flexibility index (Phi) is 13.0. The van der Waals surface area contributed by atoms with Gasteiger partial charge in [0.05, 0.1) is 45.5 Å². The molecule has 0 bridgehead atoms. The van der Waals surface area contributed by atoms with E-state index in [1.165, 1.54) is 35.8 Å². The van der Waals surface area contributed by atoms with Gasteiger partial charge in [0.1, 0.15) is 16.9 Å². The molecular formula is C49H55ClN10O7S. The van der Waals surface area contributed by atoms with Crippen LogP contribution in [-0.2, 0) is 19.6 Å². The lowest BCUT2D eigenvalue weighted by Gasteiger charge is -2.39. The quantitative estimate of drug-likeness (QED) is 0.0800. The minimum atomic E-state index is -4.64. The summed E-state index contributed by atoms with van der Waals surface area (Å²) in [5, 5.41) is 21.6. The molecular weight excluding hydrogens is 908 g/mol. The third kappa shape index (κ3) is 9.95. The normalized spacial score (nSPS) is 19.3. The van der Waals surface area contributed by atoms with E-state index in [1.54, 1.807) is 34.1 Å². The average Bonchev–Trinajstić information content (AvgIpc) is 3.90. The predicted octanol–water partition coefficient (Wildman–Crippen LogP) is 7.66. The van der Waals surface area contributed by atoms with Crippen LogP contribution in [0.1, 0.15) is 62.9 Å². The van der Waals surface area contributed by atoms with E-state index in [0.29, 0.717) is 55.2 Å². The van der Waals surface area contributed by atoms with Crippen LogP contribution in [0.5, 0.6) is 0 Å². The van der Waals surface area contributed by atoms with Crippen molar-refractivity contribution in [1.29, 1.82) is 0 Å². The van der Waals surface area contributed by atoms with Crippen molar-refractivity contribution in [2.75, 3.05) is 69.2 Å². The molecule has 2 amide bonds. The van der Waals surface area contributed by atoms with Gasteiger partial charge in [-0.3, -0.25) is 24.6 Å². The van der Waals surface area contributed by atoms with Crippen molar-refractivity contribution in [3.63, 3.8) is 0 Å². The van der Waals surface area contributed by atoms with Gasteiger partial charge >= 0.3 is 0 Å². The summed E-state index contributed by atoms with van der Waals surface area (Å²) in [5.41, 5.74) is 6.91. The van der Waals surface area contributed by atoms with Gasteiger partial charge in [-0.05, 0) is 90.4 Å². The smallest absolute Gasteiger partial charge is 0.293 e. The maximum atomic E-state index is 14.3. The highest BCUT2D eigenvalue weighted by Crippen LogP contribution is 2.43. The van der Waals surface area contributed by atoms with Crippen molar-refractivity contribution in [3.8, 4) is 5.69 Å². The summed E-state index contributed by atoms with van der Waals surface area (Å²) in [5.74, 6) is -1.08. The molecule has 1 aliphatic carbocycles. The minimum absolute atomic E-state index is 0.0191. The number of aromatic nitrogens is 4. The molecule has 0 saturated carbocycles. The molecule has 2 aliphatic heterocycles. The number of allylic oxidation sites excluding steroid dienone is 1. The minimum Gasteiger partial charge on any atom is -0.377 e. The van der Waals surface area contributed by atoms with Crippen LogP contribution in [0.2, 0.25) is 5.02 Å². The van der Waals surface area contributed by atoms with Gasteiger partial charge in [0.25, 0.3) is 21.6 Å². The number of halogens is 1. The number of aromatic amines is 1. The lowest BCUT2D eigenvalue weighted by atomic mass is 9.72. The Bertz CT molecular complexity index is 3050. The fraction of sp³-hybridized carbons (Fsp3) is 0.388. The molecule has 2 atom stereocenters. The highest BCUT2D eigenvalue weighted by Gasteiger charge is 2.32. The van der Waals surface area contributed by atoms with E-state index in [9.17, 15) is 28.1 Å². The molecule has 17 nitrogen and oxygen atoms in total. The van der Waals surface area contributed by atoms with Crippen LogP contribution in [0.15, 0.2) is 95.7 Å². The molecule has 3 N–H and O–H groups in total. The maximum absolute atomic E-state index is 14.3. The van der Waals surface area contributed by atoms with E-state index < -0.39 is 31.4 Å². The van der Waals surface area contributed by atoms with Gasteiger partial charge in [-0.2, -0.15) is 5.10 Å². The number of fused-ring (bicyclic) bond motifs is 2. The van der Waals surface area contributed by atoms with Gasteiger partial charge in [0.15, 0.2) is 0 Å². The third-order valence-corrected chi connectivity index (χ3v) is 15.1. The number of carbonyl (C=O) groups excluding carboxylic acids is 2. The second-order valence-corrected chi connectivity index (χ2v) is 21.0. The molecule has 6 aromatic rings. The second kappa shape index (κ2) is 19.0. The molecule has 0 spiro atoms. The third-order valence-electron chi connectivity index (χ3n) is 13.5. The predicted molar refractivity (Wildman–Crippen MR) is 263 cm³/mol. The number of benzene rings is 3. The molecule has 5 heterocycles. The Morgan fingerprint density at radius 2 is 1.79 bits per heavy atom. The zero-order chi connectivity index (χ0) is 47.9. The molecule has 68 heavy (non-hydrogen) atoms. The molecule has 2 saturated heterocycles. The van der Waals surface area contributed by atoms with E-state index in [2.05, 4.69) is 55.9 Å². The number of amides is 2. The lowest BCUT2D eigenvalue weighted by Crippen LogP contribution is -2.47. The Morgan fingerprint density at radius 1 is 1.01 bits per heavy atom. The highest BCUT2D eigenvalue weighted by molar-refractivity contribution is 7.90. The number of nitrogens with one attached hydrogen (secondary N) is 3. The summed E-state index contributed by atoms with van der Waals surface area (Å²) >= 11 is 6.26. The summed E-state index contributed by atoms with van der Waals surface area (Å²) < 4.78 is 37.6. The summed E-state index contributed by atoms with van der Waals surface area (Å²) in [4.78, 5) is 51.7. The first-order chi connectivity index (χ1) is 32.5. The van der Waals surface area contributed by atoms with Crippen LogP contribution >= 0.6 is 11.6 Å². The number of nitro groups is 1. The van der Waals surface area contributed by atoms with E-state index in [0.717, 1.165) is 61.1 Å². The molecule has 1 unspecified atom stereocenters. The van der Waals surface area contributed by atoms with Crippen LogP contribution in [0.3, 0.4) is 0 Å². The van der Waals surface area contributed by atoms with E-state index >= 15 is 0 Å². The molecule has 356 valence electrons. The molecule has 3 aliphatic rings. The molecule has 3 aromatic heterocycles. The molecule has 2 fully saturated rings. The van der Waals surface area contributed by atoms with E-state index in [-0.39, 0.29) is 41.1 Å². The summed E-state index contributed by atoms with van der Waals surface area (Å²) in [6, 6.07) is 20.6. The van der Waals surface area contributed by atoms with Gasteiger partial charge in [-0.15, -0.1) is 0 Å². The number of rotatable bonds is 12. The Hall–Kier alpha value is -6.34. The summed E-state index contributed by atoms with van der Waals surface area (Å²) in [7, 11) is -4.64. The van der Waals surface area contributed by atoms with Gasteiger partial charge in [0.2, 0.25) is 5.91 Å². The van der Waals surface area contributed by atoms with Crippen molar-refractivity contribution in [1.82, 2.24) is 34.3 Å². The van der Waals surface area contributed by atoms with Gasteiger partial charge < -0.3 is 24.8 Å². The first-order valence-electron chi connectivity index (χ1n) is 22.9. The SMILES string of the molecule is CC(=O)N1CCO[C@H](CNc2ccc(S(=O)(=O)NC(=O)c3ccc(N4CCN(CC5=C(c6ccc(Cl)cc6)CC(C)(C)CC5)CC4)cc3-n3ncc4nc5[nH]ccc5cc43)cc2[N+](=O)[O-])C(C)C1. The number of nitrogens with zero attached hydrogens (tertiary/aromatic N) is 7. The number of ether oxygens (including phenoxy) is 1. The monoisotopic (exact) mass is 962 g/mol. The number of hydrogen-bond acceptors (Lipinski definition) is 12.